The molecule has 0 saturated heterocycles. The van der Waals surface area contributed by atoms with E-state index in [4.69, 9.17) is 11.6 Å². The van der Waals surface area contributed by atoms with Gasteiger partial charge in [0.05, 0.1) is 16.1 Å². The minimum atomic E-state index is -0.611. The van der Waals surface area contributed by atoms with Crippen LogP contribution >= 0.6 is 11.6 Å². The first-order valence-corrected chi connectivity index (χ1v) is 4.90. The number of carbonyl (C=O) groups is 1. The summed E-state index contributed by atoms with van der Waals surface area (Å²) >= 11 is 5.61. The van der Waals surface area contributed by atoms with E-state index in [1.807, 2.05) is 0 Å². The second-order valence-corrected chi connectivity index (χ2v) is 3.83. The fourth-order valence-corrected chi connectivity index (χ4v) is 1.63. The Kier molecular flexibility index (Phi) is 2.52. The number of halogens is 2. The van der Waals surface area contributed by atoms with Gasteiger partial charge in [-0.25, -0.2) is 4.39 Å². The number of pyridine rings is 1. The quantitative estimate of drug-likeness (QED) is 0.778. The van der Waals surface area contributed by atoms with E-state index >= 15 is 0 Å². The van der Waals surface area contributed by atoms with Crippen molar-refractivity contribution >= 4 is 28.3 Å². The number of hydrogen-bond donors (Lipinski definition) is 1. The lowest BCUT2D eigenvalue weighted by atomic mass is 10.1. The summed E-state index contributed by atoms with van der Waals surface area (Å²) in [5.41, 5.74) is -0.172. The van der Waals surface area contributed by atoms with E-state index < -0.39 is 11.4 Å². The lowest BCUT2D eigenvalue weighted by Gasteiger charge is -2.02. The molecule has 16 heavy (non-hydrogen) atoms. The van der Waals surface area contributed by atoms with Crippen LogP contribution in [-0.2, 0) is 0 Å². The van der Waals surface area contributed by atoms with Gasteiger partial charge in [-0.15, -0.1) is 0 Å². The third-order valence-electron chi connectivity index (χ3n) is 2.26. The van der Waals surface area contributed by atoms with Crippen LogP contribution in [-0.4, -0.2) is 10.8 Å². The maximum absolute atomic E-state index is 13.1. The summed E-state index contributed by atoms with van der Waals surface area (Å²) in [7, 11) is 0. The number of fused-ring (bicyclic) bond motifs is 1. The Morgan fingerprint density at radius 2 is 2.06 bits per heavy atom. The van der Waals surface area contributed by atoms with Crippen molar-refractivity contribution in [3.05, 3.63) is 45.0 Å². The number of nitrogens with one attached hydrogen (secondary N) is 1. The summed E-state index contributed by atoms with van der Waals surface area (Å²) in [6, 6.07) is 3.90. The molecule has 0 amide bonds. The fraction of sp³-hybridized carbons (Fsp3) is 0.0909. The van der Waals surface area contributed by atoms with Crippen LogP contribution in [0.15, 0.2) is 23.0 Å². The fourth-order valence-electron chi connectivity index (χ4n) is 1.46. The number of ketones is 1. The van der Waals surface area contributed by atoms with E-state index in [2.05, 4.69) is 4.98 Å². The Hall–Kier alpha value is -1.68. The van der Waals surface area contributed by atoms with Gasteiger partial charge in [0.1, 0.15) is 5.82 Å². The van der Waals surface area contributed by atoms with Crippen LogP contribution in [0.2, 0.25) is 5.02 Å². The van der Waals surface area contributed by atoms with Gasteiger partial charge in [-0.1, -0.05) is 11.6 Å². The minimum absolute atomic E-state index is 0.0372. The normalized spacial score (nSPS) is 10.7. The van der Waals surface area contributed by atoms with Crippen molar-refractivity contribution in [2.24, 2.45) is 0 Å². The van der Waals surface area contributed by atoms with Gasteiger partial charge in [0.15, 0.2) is 5.78 Å². The Labute approximate surface area is 94.9 Å². The van der Waals surface area contributed by atoms with Gasteiger partial charge in [-0.05, 0) is 25.1 Å². The highest BCUT2D eigenvalue weighted by Gasteiger charge is 2.09. The first kappa shape index (κ1) is 10.8. The number of hydrogen-bond acceptors (Lipinski definition) is 2. The summed E-state index contributed by atoms with van der Waals surface area (Å²) < 4.78 is 13.1. The molecule has 0 atom stereocenters. The average Bonchev–Trinajstić information content (AvgIpc) is 2.19. The van der Waals surface area contributed by atoms with Crippen LogP contribution in [0.4, 0.5) is 4.39 Å². The largest absolute Gasteiger partial charge is 0.321 e. The third kappa shape index (κ3) is 1.72. The molecule has 2 aromatic rings. The van der Waals surface area contributed by atoms with Gasteiger partial charge in [-0.3, -0.25) is 9.59 Å². The SMILES string of the molecule is CC(=O)c1cc2cc(Cl)c(F)cc2[nH]c1=O. The monoisotopic (exact) mass is 239 g/mol. The standard InChI is InChI=1S/C11H7ClFNO2/c1-5(15)7-2-6-3-8(12)9(13)4-10(6)14-11(7)16/h2-4H,1H3,(H,14,16). The van der Waals surface area contributed by atoms with Crippen molar-refractivity contribution in [3.8, 4) is 0 Å². The van der Waals surface area contributed by atoms with Gasteiger partial charge >= 0.3 is 0 Å². The van der Waals surface area contributed by atoms with Crippen molar-refractivity contribution in [3.63, 3.8) is 0 Å². The molecule has 0 spiro atoms. The molecule has 0 radical (unpaired) electrons. The molecule has 82 valence electrons. The molecule has 3 nitrogen and oxygen atoms in total. The zero-order valence-corrected chi connectivity index (χ0v) is 9.06. The van der Waals surface area contributed by atoms with Crippen molar-refractivity contribution < 1.29 is 9.18 Å². The van der Waals surface area contributed by atoms with E-state index in [-0.39, 0.29) is 16.4 Å². The summed E-state index contributed by atoms with van der Waals surface area (Å²) in [6.45, 7) is 1.29. The molecule has 1 aromatic carbocycles. The molecule has 1 N–H and O–H groups in total. The van der Waals surface area contributed by atoms with Gasteiger partial charge in [0, 0.05) is 5.39 Å². The van der Waals surface area contributed by atoms with Crippen molar-refractivity contribution in [2.45, 2.75) is 6.92 Å². The maximum Gasteiger partial charge on any atom is 0.259 e. The molecule has 0 aliphatic carbocycles. The summed E-state index contributed by atoms with van der Waals surface area (Å²) in [6.07, 6.45) is 0. The number of rotatable bonds is 1. The molecule has 0 saturated carbocycles. The van der Waals surface area contributed by atoms with E-state index in [1.165, 1.54) is 19.1 Å². The minimum Gasteiger partial charge on any atom is -0.321 e. The number of aromatic nitrogens is 1. The molecule has 0 aliphatic rings. The van der Waals surface area contributed by atoms with Gasteiger partial charge in [-0.2, -0.15) is 0 Å². The molecule has 1 heterocycles. The molecular weight excluding hydrogens is 233 g/mol. The van der Waals surface area contributed by atoms with Crippen LogP contribution in [0.5, 0.6) is 0 Å². The van der Waals surface area contributed by atoms with E-state index in [0.717, 1.165) is 6.07 Å². The third-order valence-corrected chi connectivity index (χ3v) is 2.55. The van der Waals surface area contributed by atoms with E-state index in [1.54, 1.807) is 0 Å². The maximum atomic E-state index is 13.1. The topological polar surface area (TPSA) is 49.9 Å². The summed E-state index contributed by atoms with van der Waals surface area (Å²) in [5.74, 6) is -0.955. The van der Waals surface area contributed by atoms with Crippen LogP contribution in [0.25, 0.3) is 10.9 Å². The van der Waals surface area contributed by atoms with Gasteiger partial charge in [0.2, 0.25) is 0 Å². The van der Waals surface area contributed by atoms with Crippen LogP contribution < -0.4 is 5.56 Å². The second kappa shape index (κ2) is 3.72. The lowest BCUT2D eigenvalue weighted by Crippen LogP contribution is -2.15. The lowest BCUT2D eigenvalue weighted by molar-refractivity contribution is 0.101. The van der Waals surface area contributed by atoms with Crippen molar-refractivity contribution in [1.82, 2.24) is 4.98 Å². The second-order valence-electron chi connectivity index (χ2n) is 3.42. The smallest absolute Gasteiger partial charge is 0.259 e. The molecule has 0 bridgehead atoms. The van der Waals surface area contributed by atoms with Gasteiger partial charge in [0.25, 0.3) is 5.56 Å². The highest BCUT2D eigenvalue weighted by atomic mass is 35.5. The number of Topliss-reactive ketones (excluding diaryl/α,β-unsaturated/α-hetero) is 1. The predicted octanol–water partition coefficient (Wildman–Crippen LogP) is 2.52. The predicted molar refractivity (Wildman–Crippen MR) is 59.5 cm³/mol. The highest BCUT2D eigenvalue weighted by Crippen LogP contribution is 2.21. The Balaban J connectivity index is 2.85. The Morgan fingerprint density at radius 1 is 1.38 bits per heavy atom. The average molecular weight is 240 g/mol. The van der Waals surface area contributed by atoms with E-state index in [9.17, 15) is 14.0 Å². The van der Waals surface area contributed by atoms with Crippen LogP contribution in [0.3, 0.4) is 0 Å². The molecule has 2 rings (SSSR count). The molecule has 0 unspecified atom stereocenters. The first-order chi connectivity index (χ1) is 7.49. The molecule has 0 aliphatic heterocycles. The van der Waals surface area contributed by atoms with E-state index in [0.29, 0.717) is 10.9 Å². The number of carbonyl (C=O) groups excluding carboxylic acids is 1. The summed E-state index contributed by atoms with van der Waals surface area (Å²) in [4.78, 5) is 25.0. The Morgan fingerprint density at radius 3 is 2.69 bits per heavy atom. The van der Waals surface area contributed by atoms with Gasteiger partial charge < -0.3 is 4.98 Å². The number of aromatic amines is 1. The molecule has 1 aromatic heterocycles. The molecular formula is C11H7ClFNO2. The van der Waals surface area contributed by atoms with Crippen LogP contribution in [0, 0.1) is 5.82 Å². The number of H-pyrrole nitrogens is 1. The summed E-state index contributed by atoms with van der Waals surface area (Å²) in [5, 5.41) is 0.477. The number of benzene rings is 1. The Bertz CT molecular complexity index is 648. The van der Waals surface area contributed by atoms with Crippen molar-refractivity contribution in [2.75, 3.05) is 0 Å². The highest BCUT2D eigenvalue weighted by molar-refractivity contribution is 6.31. The first-order valence-electron chi connectivity index (χ1n) is 4.52. The zero-order chi connectivity index (χ0) is 11.9. The molecule has 0 fully saturated rings. The van der Waals surface area contributed by atoms with Crippen LogP contribution in [0.1, 0.15) is 17.3 Å². The molecule has 5 heteroatoms. The zero-order valence-electron chi connectivity index (χ0n) is 8.30. The van der Waals surface area contributed by atoms with Crippen molar-refractivity contribution in [1.29, 1.82) is 0 Å².